The van der Waals surface area contributed by atoms with E-state index >= 15 is 0 Å². The van der Waals surface area contributed by atoms with Gasteiger partial charge in [-0.1, -0.05) is 65.8 Å². The van der Waals surface area contributed by atoms with E-state index in [1.165, 1.54) is 11.1 Å². The molecule has 0 saturated heterocycles. The summed E-state index contributed by atoms with van der Waals surface area (Å²) in [5, 5.41) is 18.0. The van der Waals surface area contributed by atoms with Crippen molar-refractivity contribution >= 4 is 0 Å². The fourth-order valence-corrected chi connectivity index (χ4v) is 2.60. The number of benzene rings is 2. The van der Waals surface area contributed by atoms with Gasteiger partial charge in [0.1, 0.15) is 11.5 Å². The number of phenols is 2. The van der Waals surface area contributed by atoms with Crippen molar-refractivity contribution in [3.8, 4) is 11.5 Å². The predicted molar refractivity (Wildman–Crippen MR) is 137 cm³/mol. The molecular weight excluding hydrogens is 484 g/mol. The van der Waals surface area contributed by atoms with Crippen LogP contribution >= 0.6 is 0 Å². The molecule has 0 saturated carbocycles. The van der Waals surface area contributed by atoms with Crippen molar-refractivity contribution in [1.29, 1.82) is 0 Å². The SMILES string of the molecule is CC(C)(C)c1ccc(O)cc1.CC(C)(C)c1ccc(O)cc1.[C-]1=CC=CC1.[C-]1=CC=CC1.[Zr+2]. The molecule has 0 radical (unpaired) electrons. The summed E-state index contributed by atoms with van der Waals surface area (Å²) in [7, 11) is 0. The van der Waals surface area contributed by atoms with Gasteiger partial charge in [0.2, 0.25) is 0 Å². The zero-order chi connectivity index (χ0) is 24.0. The monoisotopic (exact) mass is 520 g/mol. The molecule has 0 aromatic heterocycles. The summed E-state index contributed by atoms with van der Waals surface area (Å²) in [4.78, 5) is 0. The summed E-state index contributed by atoms with van der Waals surface area (Å²) >= 11 is 0. The molecule has 2 aromatic carbocycles. The molecule has 4 rings (SSSR count). The Morgan fingerprint density at radius 2 is 0.879 bits per heavy atom. The molecule has 2 aliphatic carbocycles. The first-order valence-electron chi connectivity index (χ1n) is 11.0. The Kier molecular flexibility index (Phi) is 14.7. The van der Waals surface area contributed by atoms with Crippen LogP contribution in [0.1, 0.15) is 65.5 Å². The minimum absolute atomic E-state index is 0. The van der Waals surface area contributed by atoms with Crippen molar-refractivity contribution in [2.45, 2.75) is 65.2 Å². The van der Waals surface area contributed by atoms with Gasteiger partial charge in [0, 0.05) is 0 Å². The van der Waals surface area contributed by atoms with E-state index in [-0.39, 0.29) is 37.0 Å². The Hall–Kier alpha value is -2.12. The average molecular weight is 522 g/mol. The number of allylic oxidation sites excluding steroid dienone is 8. The van der Waals surface area contributed by atoms with Crippen molar-refractivity contribution in [2.24, 2.45) is 0 Å². The zero-order valence-corrected chi connectivity index (χ0v) is 23.3. The quantitative estimate of drug-likeness (QED) is 0.345. The first kappa shape index (κ1) is 30.9. The van der Waals surface area contributed by atoms with E-state index in [1.54, 1.807) is 24.3 Å². The van der Waals surface area contributed by atoms with Gasteiger partial charge in [-0.15, -0.1) is 12.8 Å². The standard InChI is InChI=1S/2C10H14O.2C5H5.Zr/c2*1-10(2,3)8-4-6-9(11)7-5-8;2*1-2-4-5-3-1;/h2*4-7,11H,1-3H3;2*1-3H,4H2;/q;;2*-1;+2. The Labute approximate surface area is 220 Å². The van der Waals surface area contributed by atoms with E-state index in [0.717, 1.165) is 12.8 Å². The van der Waals surface area contributed by atoms with Crippen LogP contribution in [0.5, 0.6) is 11.5 Å². The third-order valence-corrected chi connectivity index (χ3v) is 4.64. The normalized spacial score (nSPS) is 13.0. The number of hydrogen-bond acceptors (Lipinski definition) is 2. The Morgan fingerprint density at radius 3 is 1.03 bits per heavy atom. The fourth-order valence-electron chi connectivity index (χ4n) is 2.60. The van der Waals surface area contributed by atoms with Crippen LogP contribution in [0.25, 0.3) is 0 Å². The van der Waals surface area contributed by atoms with Gasteiger partial charge in [-0.3, -0.25) is 12.2 Å². The van der Waals surface area contributed by atoms with Crippen LogP contribution in [-0.4, -0.2) is 10.2 Å². The average Bonchev–Trinajstić information content (AvgIpc) is 3.47. The van der Waals surface area contributed by atoms with E-state index < -0.39 is 0 Å². The summed E-state index contributed by atoms with van der Waals surface area (Å²) in [6.45, 7) is 12.9. The van der Waals surface area contributed by atoms with Gasteiger partial charge in [-0.25, -0.2) is 24.3 Å². The summed E-state index contributed by atoms with van der Waals surface area (Å²) in [5.41, 5.74) is 2.84. The Bertz CT molecular complexity index is 791. The van der Waals surface area contributed by atoms with E-state index in [0.29, 0.717) is 11.5 Å². The minimum Gasteiger partial charge on any atom is -0.508 e. The van der Waals surface area contributed by atoms with Crippen LogP contribution in [0, 0.1) is 12.2 Å². The molecule has 3 heteroatoms. The molecule has 0 atom stereocenters. The number of hydrogen-bond donors (Lipinski definition) is 2. The van der Waals surface area contributed by atoms with Crippen molar-refractivity contribution in [3.05, 3.63) is 108 Å². The van der Waals surface area contributed by atoms with Crippen LogP contribution in [0.4, 0.5) is 0 Å². The summed E-state index contributed by atoms with van der Waals surface area (Å²) in [6, 6.07) is 14.7. The molecule has 2 aliphatic rings. The third kappa shape index (κ3) is 14.6. The number of rotatable bonds is 0. The molecule has 2 N–H and O–H groups in total. The van der Waals surface area contributed by atoms with Crippen LogP contribution in [0.2, 0.25) is 0 Å². The van der Waals surface area contributed by atoms with Gasteiger partial charge >= 0.3 is 26.2 Å². The zero-order valence-electron chi connectivity index (χ0n) is 20.9. The maximum absolute atomic E-state index is 9.02. The second-order valence-electron chi connectivity index (χ2n) is 9.60. The summed E-state index contributed by atoms with van der Waals surface area (Å²) < 4.78 is 0. The first-order valence-corrected chi connectivity index (χ1v) is 11.0. The smallest absolute Gasteiger partial charge is 0.508 e. The minimum atomic E-state index is 0. The van der Waals surface area contributed by atoms with Crippen molar-refractivity contribution in [2.75, 3.05) is 0 Å². The molecule has 0 fully saturated rings. The molecule has 2 nitrogen and oxygen atoms in total. The van der Waals surface area contributed by atoms with Crippen LogP contribution < -0.4 is 0 Å². The van der Waals surface area contributed by atoms with E-state index in [1.807, 2.05) is 48.6 Å². The molecule has 0 heterocycles. The molecule has 0 bridgehead atoms. The number of phenolic OH excluding ortho intramolecular Hbond substituents is 2. The van der Waals surface area contributed by atoms with Gasteiger partial charge in [-0.2, -0.15) is 12.2 Å². The van der Waals surface area contributed by atoms with Gasteiger partial charge in [0.25, 0.3) is 0 Å². The van der Waals surface area contributed by atoms with E-state index in [2.05, 4.69) is 65.8 Å². The Morgan fingerprint density at radius 1 is 0.576 bits per heavy atom. The molecule has 0 unspecified atom stereocenters. The second-order valence-corrected chi connectivity index (χ2v) is 9.60. The fraction of sp³-hybridized carbons (Fsp3) is 0.333. The van der Waals surface area contributed by atoms with Crippen molar-refractivity contribution < 1.29 is 36.4 Å². The molecule has 2 aromatic rings. The van der Waals surface area contributed by atoms with Gasteiger partial charge in [-0.05, 0) is 46.2 Å². The first-order chi connectivity index (χ1) is 15.0. The van der Waals surface area contributed by atoms with Gasteiger partial charge < -0.3 is 10.2 Å². The summed E-state index contributed by atoms with van der Waals surface area (Å²) in [5.74, 6) is 0.663. The van der Waals surface area contributed by atoms with Gasteiger partial charge in [0.05, 0.1) is 0 Å². The van der Waals surface area contributed by atoms with Gasteiger partial charge in [0.15, 0.2) is 0 Å². The third-order valence-electron chi connectivity index (χ3n) is 4.64. The maximum Gasteiger partial charge on any atom is 2.00 e. The molecule has 33 heavy (non-hydrogen) atoms. The van der Waals surface area contributed by atoms with E-state index in [4.69, 9.17) is 10.2 Å². The molecule has 0 aliphatic heterocycles. The topological polar surface area (TPSA) is 40.5 Å². The molecule has 0 amide bonds. The van der Waals surface area contributed by atoms with Crippen molar-refractivity contribution in [1.82, 2.24) is 0 Å². The molecule has 174 valence electrons. The van der Waals surface area contributed by atoms with E-state index in [9.17, 15) is 0 Å². The molecule has 0 spiro atoms. The predicted octanol–water partition coefficient (Wildman–Crippen LogP) is 7.99. The van der Waals surface area contributed by atoms with Crippen LogP contribution in [0.15, 0.2) is 85.0 Å². The maximum atomic E-state index is 9.02. The summed E-state index contributed by atoms with van der Waals surface area (Å²) in [6.07, 6.45) is 20.0. The molecular formula is C30H38O2Zr. The Balaban J connectivity index is 0.000000434. The van der Waals surface area contributed by atoms with Crippen LogP contribution in [-0.2, 0) is 37.0 Å². The van der Waals surface area contributed by atoms with Crippen LogP contribution in [0.3, 0.4) is 0 Å². The largest absolute Gasteiger partial charge is 2.00 e. The van der Waals surface area contributed by atoms with Crippen molar-refractivity contribution in [3.63, 3.8) is 0 Å². The second kappa shape index (κ2) is 15.7. The number of aromatic hydroxyl groups is 2.